The highest BCUT2D eigenvalue weighted by molar-refractivity contribution is 5.94. The van der Waals surface area contributed by atoms with Crippen molar-refractivity contribution in [1.82, 2.24) is 15.4 Å². The Hall–Kier alpha value is -3.81. The van der Waals surface area contributed by atoms with Crippen LogP contribution in [0.4, 0.5) is 11.4 Å². The highest BCUT2D eigenvalue weighted by Gasteiger charge is 2.13. The van der Waals surface area contributed by atoms with Crippen LogP contribution in [-0.4, -0.2) is 20.8 Å². The normalized spacial score (nSPS) is 10.1. The second-order valence-corrected chi connectivity index (χ2v) is 5.01. The Kier molecular flexibility index (Phi) is 4.61. The SMILES string of the molecule is O=C(NNc1ccccc1[N+](=O)[O-])c1cnc(-c2ccccc2)nc1. The zero-order valence-corrected chi connectivity index (χ0v) is 12.9. The second-order valence-electron chi connectivity index (χ2n) is 5.01. The molecule has 2 aromatic carbocycles. The van der Waals surface area contributed by atoms with E-state index in [4.69, 9.17) is 0 Å². The second kappa shape index (κ2) is 7.18. The van der Waals surface area contributed by atoms with Gasteiger partial charge in [-0.15, -0.1) is 0 Å². The summed E-state index contributed by atoms with van der Waals surface area (Å²) in [5.74, 6) is 0.00145. The number of nitro benzene ring substituents is 1. The quantitative estimate of drug-likeness (QED) is 0.548. The zero-order valence-electron chi connectivity index (χ0n) is 12.9. The van der Waals surface area contributed by atoms with Gasteiger partial charge in [0.1, 0.15) is 5.69 Å². The Morgan fingerprint density at radius 2 is 1.60 bits per heavy atom. The molecule has 25 heavy (non-hydrogen) atoms. The number of rotatable bonds is 5. The molecule has 0 atom stereocenters. The van der Waals surface area contributed by atoms with Gasteiger partial charge in [0.15, 0.2) is 5.82 Å². The Balaban J connectivity index is 1.69. The molecule has 1 aromatic heterocycles. The van der Waals surface area contributed by atoms with Gasteiger partial charge in [0.05, 0.1) is 10.5 Å². The number of hydrazine groups is 1. The van der Waals surface area contributed by atoms with Gasteiger partial charge < -0.3 is 0 Å². The average molecular weight is 335 g/mol. The van der Waals surface area contributed by atoms with Crippen LogP contribution in [0.5, 0.6) is 0 Å². The van der Waals surface area contributed by atoms with E-state index in [0.29, 0.717) is 5.82 Å². The van der Waals surface area contributed by atoms with E-state index in [2.05, 4.69) is 20.8 Å². The van der Waals surface area contributed by atoms with E-state index < -0.39 is 10.8 Å². The predicted molar refractivity (Wildman–Crippen MR) is 91.7 cm³/mol. The Labute approximate surface area is 142 Å². The summed E-state index contributed by atoms with van der Waals surface area (Å²) in [7, 11) is 0. The number of anilines is 1. The molecular formula is C17H13N5O3. The van der Waals surface area contributed by atoms with Crippen molar-refractivity contribution in [2.45, 2.75) is 0 Å². The number of nitro groups is 1. The van der Waals surface area contributed by atoms with Crippen molar-refractivity contribution in [1.29, 1.82) is 0 Å². The molecule has 124 valence electrons. The van der Waals surface area contributed by atoms with Crippen LogP contribution in [0.3, 0.4) is 0 Å². The lowest BCUT2D eigenvalue weighted by atomic mass is 10.2. The number of aromatic nitrogens is 2. The molecule has 8 nitrogen and oxygen atoms in total. The maximum absolute atomic E-state index is 12.1. The molecule has 0 fully saturated rings. The first-order valence-electron chi connectivity index (χ1n) is 7.32. The molecule has 0 aliphatic heterocycles. The third kappa shape index (κ3) is 3.75. The standard InChI is InChI=1S/C17H13N5O3/c23-17(21-20-14-8-4-5-9-15(14)22(24)25)13-10-18-16(19-11-13)12-6-2-1-3-7-12/h1-11,20H,(H,21,23). The third-order valence-corrected chi connectivity index (χ3v) is 3.36. The summed E-state index contributed by atoms with van der Waals surface area (Å²) in [6, 6.07) is 15.4. The van der Waals surface area contributed by atoms with E-state index in [1.165, 1.54) is 24.5 Å². The van der Waals surface area contributed by atoms with Crippen LogP contribution >= 0.6 is 0 Å². The molecule has 0 unspecified atom stereocenters. The minimum atomic E-state index is -0.535. The maximum Gasteiger partial charge on any atom is 0.294 e. The van der Waals surface area contributed by atoms with Gasteiger partial charge in [0, 0.05) is 24.0 Å². The minimum absolute atomic E-state index is 0.140. The number of amides is 1. The van der Waals surface area contributed by atoms with Crippen molar-refractivity contribution >= 4 is 17.3 Å². The van der Waals surface area contributed by atoms with Gasteiger partial charge in [-0.05, 0) is 6.07 Å². The Bertz CT molecular complexity index is 898. The monoisotopic (exact) mass is 335 g/mol. The smallest absolute Gasteiger partial charge is 0.292 e. The zero-order chi connectivity index (χ0) is 17.6. The van der Waals surface area contributed by atoms with Gasteiger partial charge in [-0.2, -0.15) is 0 Å². The van der Waals surface area contributed by atoms with Gasteiger partial charge in [-0.25, -0.2) is 9.97 Å². The molecule has 8 heteroatoms. The number of carbonyl (C=O) groups is 1. The fraction of sp³-hybridized carbons (Fsp3) is 0. The van der Waals surface area contributed by atoms with E-state index in [-0.39, 0.29) is 16.9 Å². The minimum Gasteiger partial charge on any atom is -0.292 e. The van der Waals surface area contributed by atoms with Crippen LogP contribution in [0.15, 0.2) is 67.0 Å². The van der Waals surface area contributed by atoms with Crippen LogP contribution in [0.2, 0.25) is 0 Å². The van der Waals surface area contributed by atoms with Crippen LogP contribution < -0.4 is 10.9 Å². The summed E-state index contributed by atoms with van der Waals surface area (Å²) in [4.78, 5) is 30.9. The van der Waals surface area contributed by atoms with E-state index >= 15 is 0 Å². The molecule has 3 rings (SSSR count). The summed E-state index contributed by atoms with van der Waals surface area (Å²) in [6.07, 6.45) is 2.79. The van der Waals surface area contributed by atoms with E-state index in [9.17, 15) is 14.9 Å². The molecule has 0 saturated carbocycles. The first-order chi connectivity index (χ1) is 12.1. The lowest BCUT2D eigenvalue weighted by molar-refractivity contribution is -0.384. The van der Waals surface area contributed by atoms with Crippen molar-refractivity contribution in [3.05, 3.63) is 82.7 Å². The summed E-state index contributed by atoms with van der Waals surface area (Å²) in [6.45, 7) is 0. The molecule has 0 spiro atoms. The average Bonchev–Trinajstić information content (AvgIpc) is 2.67. The molecule has 1 amide bonds. The molecule has 2 N–H and O–H groups in total. The van der Waals surface area contributed by atoms with Gasteiger partial charge >= 0.3 is 0 Å². The first-order valence-corrected chi connectivity index (χ1v) is 7.32. The lowest BCUT2D eigenvalue weighted by Gasteiger charge is -2.08. The van der Waals surface area contributed by atoms with E-state index in [0.717, 1.165) is 5.56 Å². The van der Waals surface area contributed by atoms with Crippen molar-refractivity contribution in [2.24, 2.45) is 0 Å². The number of carbonyl (C=O) groups excluding carboxylic acids is 1. The number of nitrogens with one attached hydrogen (secondary N) is 2. The van der Waals surface area contributed by atoms with Crippen molar-refractivity contribution < 1.29 is 9.72 Å². The Morgan fingerprint density at radius 1 is 0.960 bits per heavy atom. The Morgan fingerprint density at radius 3 is 2.28 bits per heavy atom. The number of nitrogens with zero attached hydrogens (tertiary/aromatic N) is 3. The fourth-order valence-electron chi connectivity index (χ4n) is 2.12. The van der Waals surface area contributed by atoms with Crippen molar-refractivity contribution in [2.75, 3.05) is 5.43 Å². The predicted octanol–water partition coefficient (Wildman–Crippen LogP) is 2.81. The van der Waals surface area contributed by atoms with E-state index in [1.807, 2.05) is 30.3 Å². The largest absolute Gasteiger partial charge is 0.294 e. The number of benzene rings is 2. The van der Waals surface area contributed by atoms with Crippen LogP contribution in [-0.2, 0) is 0 Å². The molecule has 0 saturated heterocycles. The number of hydrogen-bond acceptors (Lipinski definition) is 6. The lowest BCUT2D eigenvalue weighted by Crippen LogP contribution is -2.29. The van der Waals surface area contributed by atoms with Crippen molar-refractivity contribution in [3.63, 3.8) is 0 Å². The molecule has 3 aromatic rings. The first kappa shape index (κ1) is 16.1. The topological polar surface area (TPSA) is 110 Å². The van der Waals surface area contributed by atoms with Gasteiger partial charge in [0.25, 0.3) is 11.6 Å². The summed E-state index contributed by atoms with van der Waals surface area (Å²) in [5.41, 5.74) is 6.05. The van der Waals surface area contributed by atoms with Crippen molar-refractivity contribution in [3.8, 4) is 11.4 Å². The third-order valence-electron chi connectivity index (χ3n) is 3.36. The molecular weight excluding hydrogens is 322 g/mol. The highest BCUT2D eigenvalue weighted by Crippen LogP contribution is 2.22. The summed E-state index contributed by atoms with van der Waals surface area (Å²) in [5, 5.41) is 10.9. The van der Waals surface area contributed by atoms with Gasteiger partial charge in [0.2, 0.25) is 0 Å². The molecule has 0 bridgehead atoms. The van der Waals surface area contributed by atoms with E-state index in [1.54, 1.807) is 12.1 Å². The molecule has 0 aliphatic rings. The van der Waals surface area contributed by atoms with Crippen LogP contribution in [0.1, 0.15) is 10.4 Å². The van der Waals surface area contributed by atoms with Gasteiger partial charge in [-0.1, -0.05) is 42.5 Å². The molecule has 1 heterocycles. The molecule has 0 aliphatic carbocycles. The van der Waals surface area contributed by atoms with Crippen LogP contribution in [0.25, 0.3) is 11.4 Å². The van der Waals surface area contributed by atoms with Crippen LogP contribution in [0, 0.1) is 10.1 Å². The molecule has 0 radical (unpaired) electrons. The number of para-hydroxylation sites is 2. The maximum atomic E-state index is 12.1. The summed E-state index contributed by atoms with van der Waals surface area (Å²) < 4.78 is 0. The highest BCUT2D eigenvalue weighted by atomic mass is 16.6. The fourth-order valence-corrected chi connectivity index (χ4v) is 2.12. The summed E-state index contributed by atoms with van der Waals surface area (Å²) >= 11 is 0. The number of hydrogen-bond donors (Lipinski definition) is 2. The van der Waals surface area contributed by atoms with Gasteiger partial charge in [-0.3, -0.25) is 25.8 Å².